The van der Waals surface area contributed by atoms with Crippen LogP contribution in [0.5, 0.6) is 0 Å². The lowest BCUT2D eigenvalue weighted by atomic mass is 9.94. The molecule has 3 atom stereocenters. The highest BCUT2D eigenvalue weighted by Crippen LogP contribution is 2.33. The van der Waals surface area contributed by atoms with Crippen LogP contribution in [-0.2, 0) is 33.6 Å². The molecule has 4 N–H and O–H groups in total. The van der Waals surface area contributed by atoms with Gasteiger partial charge in [-0.2, -0.15) is 0 Å². The van der Waals surface area contributed by atoms with E-state index in [0.29, 0.717) is 9.80 Å². The van der Waals surface area contributed by atoms with E-state index in [9.17, 15) is 48.7 Å². The molecule has 4 amide bonds. The third-order valence-corrected chi connectivity index (χ3v) is 5.49. The number of carboxylic acid groups (broad SMARTS) is 3. The van der Waals surface area contributed by atoms with Crippen molar-refractivity contribution in [1.29, 1.82) is 0 Å². The van der Waals surface area contributed by atoms with Gasteiger partial charge in [-0.15, -0.1) is 4.91 Å². The van der Waals surface area contributed by atoms with Gasteiger partial charge in [-0.3, -0.25) is 38.6 Å². The molecule has 2 unspecified atom stereocenters. The molecule has 2 aliphatic heterocycles. The summed E-state index contributed by atoms with van der Waals surface area (Å²) < 4.78 is 0. The number of unbranched alkanes of at least 4 members (excludes halogenated alkanes) is 1. The van der Waals surface area contributed by atoms with Crippen molar-refractivity contribution < 1.29 is 54.0 Å². The third kappa shape index (κ3) is 5.02. The summed E-state index contributed by atoms with van der Waals surface area (Å²) in [4.78, 5) is 94.4. The molecule has 15 heteroatoms. The molecule has 15 nitrogen and oxygen atoms in total. The number of rotatable bonds is 12. The van der Waals surface area contributed by atoms with Crippen LogP contribution in [0.4, 0.5) is 0 Å². The highest BCUT2D eigenvalue weighted by atomic mass is 16.4. The lowest BCUT2D eigenvalue weighted by Crippen LogP contribution is -2.49. The molecule has 0 saturated carbocycles. The first kappa shape index (κ1) is 25.5. The Kier molecular flexibility index (Phi) is 7.26. The van der Waals surface area contributed by atoms with E-state index in [4.69, 9.17) is 10.2 Å². The molecular weight excluding hydrogens is 450 g/mol. The van der Waals surface area contributed by atoms with Crippen LogP contribution in [0.2, 0.25) is 0 Å². The number of aliphatic carboxylic acids is 3. The number of carboxylic acids is 3. The van der Waals surface area contributed by atoms with Gasteiger partial charge >= 0.3 is 17.9 Å². The Bertz CT molecular complexity index is 933. The smallest absolute Gasteiger partial charge is 0.326 e. The van der Waals surface area contributed by atoms with Crippen molar-refractivity contribution in [2.24, 2.45) is 5.18 Å². The van der Waals surface area contributed by atoms with Crippen molar-refractivity contribution in [3.63, 3.8) is 0 Å². The summed E-state index contributed by atoms with van der Waals surface area (Å²) in [7, 11) is 0. The van der Waals surface area contributed by atoms with E-state index in [1.54, 1.807) is 0 Å². The number of imide groups is 2. The van der Waals surface area contributed by atoms with E-state index in [1.165, 1.54) is 0 Å². The summed E-state index contributed by atoms with van der Waals surface area (Å²) in [5.41, 5.74) is -4.80. The average Bonchev–Trinajstić information content (AvgIpc) is 3.04. The summed E-state index contributed by atoms with van der Waals surface area (Å²) in [6.07, 6.45) is -4.03. The first-order valence-electron chi connectivity index (χ1n) is 9.72. The molecule has 0 aromatic heterocycles. The Morgan fingerprint density at radius 2 is 1.52 bits per heavy atom. The SMILES string of the molecule is O=NC1(CC(=O)O)CC(=O)N(CCCC[C@@H](C(=O)O)N2C(=O)CC(O)(CC(=O)O)C2=O)C1=O. The van der Waals surface area contributed by atoms with E-state index < -0.39 is 84.4 Å². The van der Waals surface area contributed by atoms with Crippen LogP contribution < -0.4 is 0 Å². The second-order valence-corrected chi connectivity index (χ2v) is 7.92. The molecule has 2 fully saturated rings. The molecule has 180 valence electrons. The van der Waals surface area contributed by atoms with Gasteiger partial charge in [-0.1, -0.05) is 5.18 Å². The predicted octanol–water partition coefficient (Wildman–Crippen LogP) is -1.69. The molecule has 2 heterocycles. The van der Waals surface area contributed by atoms with Crippen molar-refractivity contribution in [2.45, 2.75) is 62.1 Å². The van der Waals surface area contributed by atoms with Crippen molar-refractivity contribution in [2.75, 3.05) is 6.54 Å². The summed E-state index contributed by atoms with van der Waals surface area (Å²) >= 11 is 0. The van der Waals surface area contributed by atoms with Crippen molar-refractivity contribution in [1.82, 2.24) is 9.80 Å². The van der Waals surface area contributed by atoms with Crippen molar-refractivity contribution in [3.8, 4) is 0 Å². The molecular formula is C18H21N3O12. The molecule has 0 aromatic carbocycles. The van der Waals surface area contributed by atoms with Gasteiger partial charge in [-0.05, 0) is 19.3 Å². The number of nitroso groups, excluding NO2 is 1. The highest BCUT2D eigenvalue weighted by Gasteiger charge is 2.56. The minimum Gasteiger partial charge on any atom is -0.481 e. The van der Waals surface area contributed by atoms with Crippen molar-refractivity contribution in [3.05, 3.63) is 4.91 Å². The fraction of sp³-hybridized carbons (Fsp3) is 0.611. The Labute approximate surface area is 184 Å². The number of nitrogens with zero attached hydrogens (tertiary/aromatic N) is 3. The van der Waals surface area contributed by atoms with Crippen molar-refractivity contribution >= 4 is 41.5 Å². The second kappa shape index (κ2) is 9.40. The quantitative estimate of drug-likeness (QED) is 0.142. The van der Waals surface area contributed by atoms with E-state index in [1.807, 2.05) is 0 Å². The van der Waals surface area contributed by atoms with Crippen LogP contribution >= 0.6 is 0 Å². The zero-order chi connectivity index (χ0) is 25.1. The zero-order valence-electron chi connectivity index (χ0n) is 17.1. The van der Waals surface area contributed by atoms with Gasteiger partial charge in [0, 0.05) is 6.54 Å². The van der Waals surface area contributed by atoms with E-state index in [0.717, 1.165) is 0 Å². The van der Waals surface area contributed by atoms with Crippen LogP contribution in [0.25, 0.3) is 0 Å². The first-order valence-corrected chi connectivity index (χ1v) is 9.72. The Morgan fingerprint density at radius 3 is 2.03 bits per heavy atom. The lowest BCUT2D eigenvalue weighted by molar-refractivity contribution is -0.160. The fourth-order valence-electron chi connectivity index (χ4n) is 3.93. The third-order valence-electron chi connectivity index (χ3n) is 5.49. The Morgan fingerprint density at radius 1 is 0.909 bits per heavy atom. The summed E-state index contributed by atoms with van der Waals surface area (Å²) in [6, 6.07) is -1.72. The number of carbonyl (C=O) groups is 7. The molecule has 0 aliphatic carbocycles. The normalized spacial score (nSPS) is 26.1. The first-order chi connectivity index (χ1) is 15.3. The standard InChI is InChI=1S/C18H21N3O12/c22-10-5-17(19-33,7-12(24)25)15(30)20(10)4-2-1-3-9(14(28)29)21-11(23)6-18(32,16(21)31)8-13(26)27/h9,32H,1-8H2,(H,24,25)(H,26,27)(H,28,29)/t9-,17?,18?/m0/s1. The van der Waals surface area contributed by atoms with Crippen LogP contribution in [0.15, 0.2) is 5.18 Å². The van der Waals surface area contributed by atoms with Crippen LogP contribution in [-0.4, -0.2) is 95.5 Å². The molecule has 33 heavy (non-hydrogen) atoms. The number of amides is 4. The minimum atomic E-state index is -2.56. The summed E-state index contributed by atoms with van der Waals surface area (Å²) in [5, 5.41) is 39.9. The molecule has 2 aliphatic rings. The molecule has 0 radical (unpaired) electrons. The number of carbonyl (C=O) groups excluding carboxylic acids is 4. The lowest BCUT2D eigenvalue weighted by Gasteiger charge is -2.25. The Hall–Kier alpha value is -3.75. The molecule has 0 aromatic rings. The van der Waals surface area contributed by atoms with Gasteiger partial charge in [0.15, 0.2) is 11.1 Å². The van der Waals surface area contributed by atoms with Crippen LogP contribution in [0, 0.1) is 4.91 Å². The second-order valence-electron chi connectivity index (χ2n) is 7.92. The van der Waals surface area contributed by atoms with Gasteiger partial charge in [0.05, 0.1) is 25.7 Å². The topological polar surface area (TPSA) is 236 Å². The van der Waals surface area contributed by atoms with Crippen LogP contribution in [0.1, 0.15) is 44.9 Å². The minimum absolute atomic E-state index is 0.0150. The Balaban J connectivity index is 2.02. The predicted molar refractivity (Wildman–Crippen MR) is 101 cm³/mol. The van der Waals surface area contributed by atoms with Gasteiger partial charge in [0.25, 0.3) is 11.8 Å². The summed E-state index contributed by atoms with van der Waals surface area (Å²) in [5.74, 6) is -8.95. The van der Waals surface area contributed by atoms with Gasteiger partial charge < -0.3 is 20.4 Å². The maximum atomic E-state index is 12.4. The molecule has 2 saturated heterocycles. The fourth-order valence-corrected chi connectivity index (χ4v) is 3.93. The maximum Gasteiger partial charge on any atom is 0.326 e. The summed E-state index contributed by atoms with van der Waals surface area (Å²) in [6.45, 7) is -0.286. The maximum absolute atomic E-state index is 12.4. The number of likely N-dealkylation sites (tertiary alicyclic amines) is 2. The molecule has 0 spiro atoms. The zero-order valence-corrected chi connectivity index (χ0v) is 17.1. The molecule has 2 rings (SSSR count). The van der Waals surface area contributed by atoms with Gasteiger partial charge in [0.1, 0.15) is 6.04 Å². The number of aliphatic hydroxyl groups is 1. The van der Waals surface area contributed by atoms with E-state index >= 15 is 0 Å². The highest BCUT2D eigenvalue weighted by molar-refractivity contribution is 6.11. The monoisotopic (exact) mass is 471 g/mol. The number of hydrogen-bond donors (Lipinski definition) is 4. The van der Waals surface area contributed by atoms with Gasteiger partial charge in [0.2, 0.25) is 11.8 Å². The van der Waals surface area contributed by atoms with E-state index in [2.05, 4.69) is 5.18 Å². The largest absolute Gasteiger partial charge is 0.481 e. The number of hydrogen-bond acceptors (Lipinski definition) is 10. The average molecular weight is 471 g/mol. The van der Waals surface area contributed by atoms with E-state index in [-0.39, 0.29) is 25.8 Å². The van der Waals surface area contributed by atoms with Gasteiger partial charge in [-0.25, -0.2) is 4.79 Å². The van der Waals surface area contributed by atoms with Crippen LogP contribution in [0.3, 0.4) is 0 Å². The molecule has 0 bridgehead atoms.